The molecule has 3 aromatic rings. The molecule has 2 heteroatoms. The molecule has 1 nitrogen and oxygen atoms in total. The fourth-order valence-corrected chi connectivity index (χ4v) is 2.92. The molecule has 0 fully saturated rings. The van der Waals surface area contributed by atoms with Gasteiger partial charge in [-0.1, -0.05) is 54.1 Å². The molecule has 104 valence electrons. The Hall–Kier alpha value is -2.12. The van der Waals surface area contributed by atoms with E-state index in [1.807, 2.05) is 55.5 Å². The van der Waals surface area contributed by atoms with Crippen LogP contribution in [0.3, 0.4) is 0 Å². The second-order valence-electron chi connectivity index (χ2n) is 5.29. The molecular formula is C19H15ClO. The van der Waals surface area contributed by atoms with Gasteiger partial charge in [0.05, 0.1) is 5.02 Å². The molecule has 3 aromatic carbocycles. The van der Waals surface area contributed by atoms with Gasteiger partial charge in [-0.15, -0.1) is 0 Å². The number of ketones is 1. The fraction of sp³-hybridized carbons (Fsp3) is 0.105. The first-order valence-electron chi connectivity index (χ1n) is 6.87. The van der Waals surface area contributed by atoms with Crippen LogP contribution >= 0.6 is 11.6 Å². The van der Waals surface area contributed by atoms with E-state index in [9.17, 15) is 4.79 Å². The van der Waals surface area contributed by atoms with E-state index in [2.05, 4.69) is 6.92 Å². The highest BCUT2D eigenvalue weighted by Gasteiger charge is 2.16. The van der Waals surface area contributed by atoms with Crippen LogP contribution in [0.5, 0.6) is 0 Å². The minimum Gasteiger partial charge on any atom is -0.289 e. The summed E-state index contributed by atoms with van der Waals surface area (Å²) in [7, 11) is 0. The van der Waals surface area contributed by atoms with Gasteiger partial charge in [-0.3, -0.25) is 4.79 Å². The van der Waals surface area contributed by atoms with E-state index in [0.717, 1.165) is 21.9 Å². The highest BCUT2D eigenvalue weighted by atomic mass is 35.5. The second kappa shape index (κ2) is 5.34. The monoisotopic (exact) mass is 294 g/mol. The minimum absolute atomic E-state index is 0.0313. The zero-order chi connectivity index (χ0) is 15.0. The summed E-state index contributed by atoms with van der Waals surface area (Å²) in [6, 6.07) is 17.4. The molecule has 0 saturated carbocycles. The van der Waals surface area contributed by atoms with Crippen molar-refractivity contribution >= 4 is 28.2 Å². The van der Waals surface area contributed by atoms with Crippen molar-refractivity contribution in [2.75, 3.05) is 0 Å². The number of benzene rings is 3. The molecule has 0 saturated heterocycles. The summed E-state index contributed by atoms with van der Waals surface area (Å²) in [5.41, 5.74) is 3.46. The zero-order valence-corrected chi connectivity index (χ0v) is 12.7. The van der Waals surface area contributed by atoms with Crippen LogP contribution < -0.4 is 0 Å². The number of aryl methyl sites for hydroxylation is 2. The summed E-state index contributed by atoms with van der Waals surface area (Å²) in [5, 5.41) is 2.58. The standard InChI is InChI=1S/C19H15ClO/c1-12-7-9-17(18(20)11-12)19(21)16-10-8-13(2)14-5-3-4-6-15(14)16/h3-11H,1-2H3. The average Bonchev–Trinajstić information content (AvgIpc) is 2.47. The van der Waals surface area contributed by atoms with Gasteiger partial charge >= 0.3 is 0 Å². The van der Waals surface area contributed by atoms with Crippen molar-refractivity contribution in [1.29, 1.82) is 0 Å². The Morgan fingerprint density at radius 3 is 2.24 bits per heavy atom. The number of rotatable bonds is 2. The third kappa shape index (κ3) is 2.45. The minimum atomic E-state index is -0.0313. The van der Waals surface area contributed by atoms with Gasteiger partial charge in [0, 0.05) is 11.1 Å². The van der Waals surface area contributed by atoms with Crippen LogP contribution in [0, 0.1) is 13.8 Å². The number of fused-ring (bicyclic) bond motifs is 1. The highest BCUT2D eigenvalue weighted by molar-refractivity contribution is 6.35. The third-order valence-electron chi connectivity index (χ3n) is 3.76. The lowest BCUT2D eigenvalue weighted by atomic mass is 9.94. The summed E-state index contributed by atoms with van der Waals surface area (Å²) < 4.78 is 0. The van der Waals surface area contributed by atoms with Gasteiger partial charge in [0.15, 0.2) is 5.78 Å². The Morgan fingerprint density at radius 1 is 0.857 bits per heavy atom. The van der Waals surface area contributed by atoms with Crippen LogP contribution in [-0.4, -0.2) is 5.78 Å². The number of carbonyl (C=O) groups is 1. The Morgan fingerprint density at radius 2 is 1.52 bits per heavy atom. The molecule has 0 aliphatic rings. The highest BCUT2D eigenvalue weighted by Crippen LogP contribution is 2.27. The molecule has 0 heterocycles. The van der Waals surface area contributed by atoms with Gasteiger partial charge in [-0.05, 0) is 47.9 Å². The smallest absolute Gasteiger partial charge is 0.195 e. The third-order valence-corrected chi connectivity index (χ3v) is 4.07. The van der Waals surface area contributed by atoms with Crippen molar-refractivity contribution in [2.24, 2.45) is 0 Å². The molecule has 21 heavy (non-hydrogen) atoms. The van der Waals surface area contributed by atoms with Crippen LogP contribution in [0.4, 0.5) is 0 Å². The molecule has 0 aromatic heterocycles. The maximum absolute atomic E-state index is 12.8. The number of hydrogen-bond acceptors (Lipinski definition) is 1. The summed E-state index contributed by atoms with van der Waals surface area (Å²) >= 11 is 6.24. The normalized spacial score (nSPS) is 10.8. The van der Waals surface area contributed by atoms with Crippen LogP contribution in [-0.2, 0) is 0 Å². The molecule has 0 aliphatic carbocycles. The maximum atomic E-state index is 12.8. The fourth-order valence-electron chi connectivity index (χ4n) is 2.60. The average molecular weight is 295 g/mol. The van der Waals surface area contributed by atoms with Crippen molar-refractivity contribution in [3.63, 3.8) is 0 Å². The molecule has 3 rings (SSSR count). The molecule has 0 bridgehead atoms. The Bertz CT molecular complexity index is 849. The van der Waals surface area contributed by atoms with E-state index in [-0.39, 0.29) is 5.78 Å². The first kappa shape index (κ1) is 13.8. The molecule has 0 unspecified atom stereocenters. The van der Waals surface area contributed by atoms with E-state index in [1.54, 1.807) is 6.07 Å². The van der Waals surface area contributed by atoms with E-state index < -0.39 is 0 Å². The molecule has 0 radical (unpaired) electrons. The quantitative estimate of drug-likeness (QED) is 0.583. The van der Waals surface area contributed by atoms with Gasteiger partial charge in [-0.2, -0.15) is 0 Å². The molecule has 0 atom stereocenters. The van der Waals surface area contributed by atoms with Crippen molar-refractivity contribution in [1.82, 2.24) is 0 Å². The second-order valence-corrected chi connectivity index (χ2v) is 5.70. The van der Waals surface area contributed by atoms with Crippen LogP contribution in [0.2, 0.25) is 5.02 Å². The van der Waals surface area contributed by atoms with Crippen LogP contribution in [0.25, 0.3) is 10.8 Å². The van der Waals surface area contributed by atoms with Crippen molar-refractivity contribution in [3.05, 3.63) is 81.9 Å². The van der Waals surface area contributed by atoms with E-state index in [0.29, 0.717) is 16.1 Å². The van der Waals surface area contributed by atoms with Gasteiger partial charge in [0.2, 0.25) is 0 Å². The maximum Gasteiger partial charge on any atom is 0.195 e. The predicted molar refractivity (Wildman–Crippen MR) is 88.3 cm³/mol. The lowest BCUT2D eigenvalue weighted by Crippen LogP contribution is -2.03. The lowest BCUT2D eigenvalue weighted by molar-refractivity contribution is 0.104. The largest absolute Gasteiger partial charge is 0.289 e. The topological polar surface area (TPSA) is 17.1 Å². The first-order chi connectivity index (χ1) is 10.1. The van der Waals surface area contributed by atoms with Gasteiger partial charge in [0.25, 0.3) is 0 Å². The Balaban J connectivity index is 2.21. The van der Waals surface area contributed by atoms with Crippen LogP contribution in [0.1, 0.15) is 27.0 Å². The Kier molecular flexibility index (Phi) is 3.52. The van der Waals surface area contributed by atoms with E-state index in [4.69, 9.17) is 11.6 Å². The first-order valence-corrected chi connectivity index (χ1v) is 7.25. The molecule has 0 amide bonds. The van der Waals surface area contributed by atoms with Crippen LogP contribution in [0.15, 0.2) is 54.6 Å². The molecular weight excluding hydrogens is 280 g/mol. The number of halogens is 1. The van der Waals surface area contributed by atoms with E-state index >= 15 is 0 Å². The van der Waals surface area contributed by atoms with Gasteiger partial charge in [0.1, 0.15) is 0 Å². The summed E-state index contributed by atoms with van der Waals surface area (Å²) in [6.45, 7) is 4.01. The van der Waals surface area contributed by atoms with Crippen molar-refractivity contribution in [3.8, 4) is 0 Å². The van der Waals surface area contributed by atoms with E-state index in [1.165, 1.54) is 0 Å². The summed E-state index contributed by atoms with van der Waals surface area (Å²) in [6.07, 6.45) is 0. The molecule has 0 spiro atoms. The van der Waals surface area contributed by atoms with Crippen molar-refractivity contribution < 1.29 is 4.79 Å². The van der Waals surface area contributed by atoms with Gasteiger partial charge in [-0.25, -0.2) is 0 Å². The molecule has 0 N–H and O–H groups in total. The van der Waals surface area contributed by atoms with Crippen molar-refractivity contribution in [2.45, 2.75) is 13.8 Å². The summed E-state index contributed by atoms with van der Waals surface area (Å²) in [5.74, 6) is -0.0313. The number of hydrogen-bond donors (Lipinski definition) is 0. The lowest BCUT2D eigenvalue weighted by Gasteiger charge is -2.09. The Labute approximate surface area is 129 Å². The zero-order valence-electron chi connectivity index (χ0n) is 12.0. The summed E-state index contributed by atoms with van der Waals surface area (Å²) in [4.78, 5) is 12.8. The number of carbonyl (C=O) groups excluding carboxylic acids is 1. The molecule has 0 aliphatic heterocycles. The SMILES string of the molecule is Cc1ccc(C(=O)c2ccc(C)c3ccccc23)c(Cl)c1. The van der Waals surface area contributed by atoms with Gasteiger partial charge < -0.3 is 0 Å². The predicted octanol–water partition coefficient (Wildman–Crippen LogP) is 5.34.